The Kier molecular flexibility index (Phi) is 5.23. The highest BCUT2D eigenvalue weighted by Crippen LogP contribution is 2.31. The lowest BCUT2D eigenvalue weighted by molar-refractivity contribution is -0.0423. The van der Waals surface area contributed by atoms with E-state index in [9.17, 15) is 0 Å². The molecule has 1 N–H and O–H groups in total. The molecule has 0 aromatic carbocycles. The lowest BCUT2D eigenvalue weighted by Crippen LogP contribution is -2.65. The molecule has 0 aromatic heterocycles. The van der Waals surface area contributed by atoms with Crippen LogP contribution < -0.4 is 5.32 Å². The number of ether oxygens (including phenoxy) is 1. The molecule has 0 bridgehead atoms. The Hall–Kier alpha value is -0.120. The van der Waals surface area contributed by atoms with Crippen LogP contribution in [0.2, 0.25) is 0 Å². The highest BCUT2D eigenvalue weighted by molar-refractivity contribution is 4.96. The third kappa shape index (κ3) is 4.00. The van der Waals surface area contributed by atoms with Gasteiger partial charge in [0.2, 0.25) is 0 Å². The summed E-state index contributed by atoms with van der Waals surface area (Å²) in [7, 11) is 0. The van der Waals surface area contributed by atoms with Crippen LogP contribution in [0.1, 0.15) is 65.2 Å². The van der Waals surface area contributed by atoms with E-state index in [0.29, 0.717) is 12.1 Å². The average Bonchev–Trinajstić information content (AvgIpc) is 2.51. The number of hydrogen-bond acceptors (Lipinski definition) is 3. The molecule has 0 radical (unpaired) electrons. The van der Waals surface area contributed by atoms with Crippen LogP contribution in [-0.4, -0.2) is 48.8 Å². The zero-order valence-electron chi connectivity index (χ0n) is 14.1. The highest BCUT2D eigenvalue weighted by atomic mass is 16.5. The molecule has 1 aliphatic carbocycles. The summed E-state index contributed by atoms with van der Waals surface area (Å²) in [6.07, 6.45) is 11.6. The molecule has 3 nitrogen and oxygen atoms in total. The van der Waals surface area contributed by atoms with Crippen LogP contribution in [0.4, 0.5) is 0 Å². The van der Waals surface area contributed by atoms with Gasteiger partial charge in [0.1, 0.15) is 0 Å². The second-order valence-electron chi connectivity index (χ2n) is 8.09. The van der Waals surface area contributed by atoms with Gasteiger partial charge in [-0.3, -0.25) is 4.90 Å². The van der Waals surface area contributed by atoms with Crippen molar-refractivity contribution in [3.05, 3.63) is 0 Å². The second kappa shape index (κ2) is 6.97. The Bertz CT molecular complexity index is 319. The topological polar surface area (TPSA) is 24.5 Å². The second-order valence-corrected chi connectivity index (χ2v) is 8.09. The molecule has 2 atom stereocenters. The Morgan fingerprint density at radius 3 is 2.52 bits per heavy atom. The maximum absolute atomic E-state index is 5.99. The van der Waals surface area contributed by atoms with Crippen LogP contribution >= 0.6 is 0 Å². The molecule has 3 heteroatoms. The molecule has 2 heterocycles. The van der Waals surface area contributed by atoms with Crippen molar-refractivity contribution in [1.29, 1.82) is 0 Å². The van der Waals surface area contributed by atoms with Gasteiger partial charge in [0.25, 0.3) is 0 Å². The lowest BCUT2D eigenvalue weighted by atomic mass is 9.81. The fraction of sp³-hybridized carbons (Fsp3) is 1.00. The predicted molar refractivity (Wildman–Crippen MR) is 87.6 cm³/mol. The van der Waals surface area contributed by atoms with Crippen molar-refractivity contribution in [3.8, 4) is 0 Å². The van der Waals surface area contributed by atoms with E-state index in [1.54, 1.807) is 0 Å². The fourth-order valence-corrected chi connectivity index (χ4v) is 4.41. The smallest absolute Gasteiger partial charge is 0.0702 e. The first-order valence-electron chi connectivity index (χ1n) is 9.25. The van der Waals surface area contributed by atoms with Gasteiger partial charge in [-0.15, -0.1) is 0 Å². The Morgan fingerprint density at radius 2 is 1.81 bits per heavy atom. The molecule has 122 valence electrons. The summed E-state index contributed by atoms with van der Waals surface area (Å²) in [4.78, 5) is 2.72. The van der Waals surface area contributed by atoms with E-state index in [1.807, 2.05) is 0 Å². The zero-order chi connectivity index (χ0) is 14.7. The summed E-state index contributed by atoms with van der Waals surface area (Å²) in [5.41, 5.74) is 0.270. The minimum absolute atomic E-state index is 0.270. The number of nitrogens with one attached hydrogen (secondary N) is 1. The Balaban J connectivity index is 1.58. The van der Waals surface area contributed by atoms with Crippen LogP contribution in [0.25, 0.3) is 0 Å². The van der Waals surface area contributed by atoms with Gasteiger partial charge >= 0.3 is 0 Å². The van der Waals surface area contributed by atoms with Gasteiger partial charge in [0.05, 0.1) is 6.10 Å². The van der Waals surface area contributed by atoms with Gasteiger partial charge in [0.15, 0.2) is 0 Å². The number of nitrogens with zero attached hydrogens (tertiary/aromatic N) is 1. The van der Waals surface area contributed by atoms with E-state index in [2.05, 4.69) is 24.1 Å². The average molecular weight is 294 g/mol. The maximum Gasteiger partial charge on any atom is 0.0702 e. The molecule has 0 aromatic rings. The van der Waals surface area contributed by atoms with Crippen LogP contribution in [0, 0.1) is 5.92 Å². The molecular formula is C18H34N2O. The molecule has 3 fully saturated rings. The highest BCUT2D eigenvalue weighted by Gasteiger charge is 2.38. The summed E-state index contributed by atoms with van der Waals surface area (Å²) in [5.74, 6) is 0.907. The van der Waals surface area contributed by atoms with Crippen LogP contribution in [0.15, 0.2) is 0 Å². The Labute approximate surface area is 130 Å². The summed E-state index contributed by atoms with van der Waals surface area (Å²) in [5, 5.41) is 3.86. The van der Waals surface area contributed by atoms with Crippen molar-refractivity contribution in [2.24, 2.45) is 5.92 Å². The van der Waals surface area contributed by atoms with E-state index < -0.39 is 0 Å². The van der Waals surface area contributed by atoms with Crippen molar-refractivity contribution in [2.75, 3.05) is 26.2 Å². The zero-order valence-corrected chi connectivity index (χ0v) is 14.1. The molecule has 3 aliphatic rings. The number of rotatable bonds is 3. The predicted octanol–water partition coefficient (Wildman–Crippen LogP) is 3.19. The van der Waals surface area contributed by atoms with Crippen molar-refractivity contribution in [1.82, 2.24) is 10.2 Å². The third-order valence-corrected chi connectivity index (χ3v) is 5.99. The Morgan fingerprint density at radius 1 is 1.05 bits per heavy atom. The van der Waals surface area contributed by atoms with Crippen LogP contribution in [-0.2, 0) is 4.74 Å². The van der Waals surface area contributed by atoms with Crippen molar-refractivity contribution in [3.63, 3.8) is 0 Å². The van der Waals surface area contributed by atoms with E-state index in [-0.39, 0.29) is 5.54 Å². The molecule has 3 rings (SSSR count). The van der Waals surface area contributed by atoms with Gasteiger partial charge in [-0.05, 0) is 51.9 Å². The summed E-state index contributed by atoms with van der Waals surface area (Å²) in [6, 6.07) is 0.710. The fourth-order valence-electron chi connectivity index (χ4n) is 4.41. The van der Waals surface area contributed by atoms with Gasteiger partial charge < -0.3 is 10.1 Å². The first kappa shape index (κ1) is 15.8. The quantitative estimate of drug-likeness (QED) is 0.865. The summed E-state index contributed by atoms with van der Waals surface area (Å²) in [6.45, 7) is 9.24. The molecule has 0 spiro atoms. The first-order chi connectivity index (χ1) is 10.1. The van der Waals surface area contributed by atoms with Gasteiger partial charge in [-0.1, -0.05) is 19.3 Å². The summed E-state index contributed by atoms with van der Waals surface area (Å²) < 4.78 is 5.99. The van der Waals surface area contributed by atoms with E-state index >= 15 is 0 Å². The van der Waals surface area contributed by atoms with Crippen LogP contribution in [0.5, 0.6) is 0 Å². The van der Waals surface area contributed by atoms with Crippen LogP contribution in [0.3, 0.4) is 0 Å². The van der Waals surface area contributed by atoms with E-state index in [1.165, 1.54) is 57.9 Å². The SMILES string of the molecule is CC1(C)CNC(C2CCCCC2)CN1CC1CCCCO1. The van der Waals surface area contributed by atoms with E-state index in [4.69, 9.17) is 4.74 Å². The van der Waals surface area contributed by atoms with Crippen molar-refractivity contribution in [2.45, 2.75) is 82.9 Å². The molecule has 21 heavy (non-hydrogen) atoms. The van der Waals surface area contributed by atoms with Crippen molar-refractivity contribution >= 4 is 0 Å². The van der Waals surface area contributed by atoms with E-state index in [0.717, 1.165) is 25.6 Å². The molecule has 0 amide bonds. The monoisotopic (exact) mass is 294 g/mol. The minimum atomic E-state index is 0.270. The first-order valence-corrected chi connectivity index (χ1v) is 9.25. The minimum Gasteiger partial charge on any atom is -0.377 e. The number of hydrogen-bond donors (Lipinski definition) is 1. The van der Waals surface area contributed by atoms with Gasteiger partial charge in [-0.2, -0.15) is 0 Å². The molecule has 1 saturated carbocycles. The molecule has 2 aliphatic heterocycles. The maximum atomic E-state index is 5.99. The standard InChI is InChI=1S/C18H34N2O/c1-18(2)14-19-17(15-8-4-3-5-9-15)13-20(18)12-16-10-6-7-11-21-16/h15-17,19H,3-14H2,1-2H3. The van der Waals surface area contributed by atoms with Gasteiger partial charge in [0, 0.05) is 37.8 Å². The largest absolute Gasteiger partial charge is 0.377 e. The molecule has 2 unspecified atom stereocenters. The van der Waals surface area contributed by atoms with Gasteiger partial charge in [-0.25, -0.2) is 0 Å². The molecule has 2 saturated heterocycles. The summed E-state index contributed by atoms with van der Waals surface area (Å²) >= 11 is 0. The third-order valence-electron chi connectivity index (χ3n) is 5.99. The normalized spacial score (nSPS) is 35.7. The lowest BCUT2D eigenvalue weighted by Gasteiger charge is -2.49. The molecular weight excluding hydrogens is 260 g/mol. The van der Waals surface area contributed by atoms with Crippen molar-refractivity contribution < 1.29 is 4.74 Å². The number of piperazine rings is 1.